The molecular weight excluding hydrogens is 466 g/mol. The molecule has 1 saturated heterocycles. The molecule has 1 amide bonds. The number of sulfonamides is 1. The molecule has 1 aliphatic carbocycles. The van der Waals surface area contributed by atoms with Crippen LogP contribution in [0.2, 0.25) is 0 Å². The highest BCUT2D eigenvalue weighted by Gasteiger charge is 2.38. The number of ether oxygens (including phenoxy) is 1. The topological polar surface area (TPSA) is 96.0 Å². The summed E-state index contributed by atoms with van der Waals surface area (Å²) in [4.78, 5) is 27.6. The average molecular weight is 500 g/mol. The smallest absolute Gasteiger partial charge is 0.340 e. The summed E-state index contributed by atoms with van der Waals surface area (Å²) in [6, 6.07) is 14.7. The van der Waals surface area contributed by atoms with Gasteiger partial charge in [0.2, 0.25) is 10.0 Å². The van der Waals surface area contributed by atoms with E-state index in [1.54, 1.807) is 6.07 Å². The van der Waals surface area contributed by atoms with E-state index in [9.17, 15) is 18.0 Å². The third kappa shape index (κ3) is 5.36. The summed E-state index contributed by atoms with van der Waals surface area (Å²) in [5, 5.41) is 2.92. The van der Waals surface area contributed by atoms with Gasteiger partial charge < -0.3 is 15.0 Å². The second-order valence-corrected chi connectivity index (χ2v) is 11.7. The Hall–Kier alpha value is -2.91. The number of hydrogen-bond acceptors (Lipinski definition) is 6. The van der Waals surface area contributed by atoms with Crippen molar-refractivity contribution in [3.8, 4) is 0 Å². The van der Waals surface area contributed by atoms with Crippen LogP contribution in [0.3, 0.4) is 0 Å². The lowest BCUT2D eigenvalue weighted by atomic mass is 9.64. The number of nitrogens with one attached hydrogen (secondary N) is 1. The van der Waals surface area contributed by atoms with Crippen LogP contribution in [0.4, 0.5) is 5.69 Å². The van der Waals surface area contributed by atoms with Crippen molar-refractivity contribution >= 4 is 27.6 Å². The monoisotopic (exact) mass is 499 g/mol. The van der Waals surface area contributed by atoms with Gasteiger partial charge in [0.05, 0.1) is 16.1 Å². The highest BCUT2D eigenvalue weighted by atomic mass is 32.2. The van der Waals surface area contributed by atoms with Crippen LogP contribution in [0.15, 0.2) is 53.4 Å². The van der Waals surface area contributed by atoms with Crippen molar-refractivity contribution < 1.29 is 22.7 Å². The lowest BCUT2D eigenvalue weighted by molar-refractivity contribution is -0.124. The first-order valence-corrected chi connectivity index (χ1v) is 13.5. The quantitative estimate of drug-likeness (QED) is 0.533. The lowest BCUT2D eigenvalue weighted by Gasteiger charge is -2.42. The number of esters is 1. The number of rotatable bonds is 9. The van der Waals surface area contributed by atoms with Gasteiger partial charge in [0.25, 0.3) is 5.91 Å². The van der Waals surface area contributed by atoms with Crippen LogP contribution in [-0.2, 0) is 25.0 Å². The molecule has 0 bridgehead atoms. The van der Waals surface area contributed by atoms with Crippen LogP contribution >= 0.6 is 0 Å². The molecule has 1 saturated carbocycles. The van der Waals surface area contributed by atoms with Gasteiger partial charge in [-0.25, -0.2) is 17.5 Å². The molecule has 8 nitrogen and oxygen atoms in total. The number of hydrogen-bond donors (Lipinski definition) is 1. The Bertz CT molecular complexity index is 1170. The number of anilines is 1. The van der Waals surface area contributed by atoms with Gasteiger partial charge in [-0.3, -0.25) is 4.79 Å². The first kappa shape index (κ1) is 25.2. The van der Waals surface area contributed by atoms with E-state index in [0.29, 0.717) is 12.2 Å². The van der Waals surface area contributed by atoms with E-state index in [1.807, 2.05) is 23.1 Å². The van der Waals surface area contributed by atoms with Gasteiger partial charge in [-0.05, 0) is 49.4 Å². The maximum atomic E-state index is 13.0. The molecule has 0 atom stereocenters. The maximum absolute atomic E-state index is 13.0. The van der Waals surface area contributed by atoms with E-state index in [1.165, 1.54) is 31.8 Å². The molecule has 9 heteroatoms. The van der Waals surface area contributed by atoms with Gasteiger partial charge in [-0.2, -0.15) is 0 Å². The summed E-state index contributed by atoms with van der Waals surface area (Å²) < 4.78 is 31.7. The predicted octanol–water partition coefficient (Wildman–Crippen LogP) is 2.93. The number of nitrogens with zero attached hydrogens (tertiary/aromatic N) is 2. The number of carbonyl (C=O) groups excluding carboxylic acids is 2. The Balaban J connectivity index is 1.44. The number of carbonyl (C=O) groups is 2. The highest BCUT2D eigenvalue weighted by molar-refractivity contribution is 7.89. The van der Waals surface area contributed by atoms with Crippen molar-refractivity contribution in [2.45, 2.75) is 42.4 Å². The van der Waals surface area contributed by atoms with E-state index < -0.39 is 22.6 Å². The zero-order valence-corrected chi connectivity index (χ0v) is 21.1. The largest absolute Gasteiger partial charge is 0.452 e. The minimum Gasteiger partial charge on any atom is -0.452 e. The summed E-state index contributed by atoms with van der Waals surface area (Å²) in [5.74, 6) is -1.08. The van der Waals surface area contributed by atoms with Crippen molar-refractivity contribution in [1.29, 1.82) is 0 Å². The van der Waals surface area contributed by atoms with Crippen molar-refractivity contribution in [2.75, 3.05) is 45.2 Å². The van der Waals surface area contributed by atoms with Crippen LogP contribution in [0.5, 0.6) is 0 Å². The van der Waals surface area contributed by atoms with E-state index in [2.05, 4.69) is 17.4 Å². The number of benzene rings is 2. The molecule has 2 aliphatic rings. The summed E-state index contributed by atoms with van der Waals surface area (Å²) in [5.41, 5.74) is 1.92. The SMILES string of the molecule is CN(C)S(=O)(=O)c1ccc(N2CCCC2)c(C(=O)OCC(=O)NCC2(c3ccccc3)CCC2)c1. The minimum absolute atomic E-state index is 0.0108. The van der Waals surface area contributed by atoms with E-state index in [0.717, 1.165) is 49.5 Å². The third-order valence-corrected chi connectivity index (χ3v) is 8.88. The molecule has 35 heavy (non-hydrogen) atoms. The second-order valence-electron chi connectivity index (χ2n) is 9.51. The Morgan fingerprint density at radius 3 is 2.31 bits per heavy atom. The number of amides is 1. The second kappa shape index (κ2) is 10.4. The van der Waals surface area contributed by atoms with E-state index in [-0.39, 0.29) is 21.8 Å². The fourth-order valence-corrected chi connectivity index (χ4v) is 5.70. The van der Waals surface area contributed by atoms with Crippen LogP contribution in [0.1, 0.15) is 48.0 Å². The first-order valence-electron chi connectivity index (χ1n) is 12.0. The van der Waals surface area contributed by atoms with Crippen molar-refractivity contribution in [2.24, 2.45) is 0 Å². The van der Waals surface area contributed by atoms with Crippen molar-refractivity contribution in [3.05, 3.63) is 59.7 Å². The van der Waals surface area contributed by atoms with Gasteiger partial charge in [0, 0.05) is 39.1 Å². The molecule has 0 spiro atoms. The molecule has 4 rings (SSSR count). The normalized spacial score (nSPS) is 17.2. The van der Waals surface area contributed by atoms with Gasteiger partial charge >= 0.3 is 5.97 Å². The summed E-state index contributed by atoms with van der Waals surface area (Å²) in [6.45, 7) is 1.63. The van der Waals surface area contributed by atoms with Gasteiger partial charge in [-0.15, -0.1) is 0 Å². The average Bonchev–Trinajstić information content (AvgIpc) is 3.37. The summed E-state index contributed by atoms with van der Waals surface area (Å²) in [6.07, 6.45) is 5.12. The van der Waals surface area contributed by atoms with Gasteiger partial charge in [-0.1, -0.05) is 36.8 Å². The molecule has 1 heterocycles. The fraction of sp³-hybridized carbons (Fsp3) is 0.462. The van der Waals surface area contributed by atoms with Crippen LogP contribution in [0, 0.1) is 0 Å². The van der Waals surface area contributed by atoms with Gasteiger partial charge in [0.15, 0.2) is 6.61 Å². The molecule has 0 aromatic heterocycles. The van der Waals surface area contributed by atoms with Crippen molar-refractivity contribution in [1.82, 2.24) is 9.62 Å². The molecule has 1 aliphatic heterocycles. The lowest BCUT2D eigenvalue weighted by Crippen LogP contribution is -2.46. The summed E-state index contributed by atoms with van der Waals surface area (Å²) in [7, 11) is -0.843. The third-order valence-electron chi connectivity index (χ3n) is 7.07. The molecule has 2 aromatic rings. The standard InChI is InChI=1S/C26H33N3O5S/c1-28(2)35(32,33)21-11-12-23(29-15-6-7-16-29)22(17-21)25(31)34-18-24(30)27-19-26(13-8-14-26)20-9-4-3-5-10-20/h3-5,9-12,17H,6-8,13-16,18-19H2,1-2H3,(H,27,30). The minimum atomic E-state index is -3.72. The van der Waals surface area contributed by atoms with Crippen LogP contribution < -0.4 is 10.2 Å². The molecule has 0 radical (unpaired) electrons. The van der Waals surface area contributed by atoms with Crippen LogP contribution in [-0.4, -0.2) is 64.9 Å². The molecule has 2 aromatic carbocycles. The molecule has 188 valence electrons. The first-order chi connectivity index (χ1) is 16.7. The van der Waals surface area contributed by atoms with E-state index in [4.69, 9.17) is 4.74 Å². The molecule has 0 unspecified atom stereocenters. The maximum Gasteiger partial charge on any atom is 0.340 e. The highest BCUT2D eigenvalue weighted by Crippen LogP contribution is 2.43. The van der Waals surface area contributed by atoms with Crippen LogP contribution in [0.25, 0.3) is 0 Å². The predicted molar refractivity (Wildman–Crippen MR) is 134 cm³/mol. The summed E-state index contributed by atoms with van der Waals surface area (Å²) >= 11 is 0. The molecule has 1 N–H and O–H groups in total. The molecular formula is C26H33N3O5S. The Morgan fingerprint density at radius 1 is 1.03 bits per heavy atom. The Labute approximate surface area is 207 Å². The Morgan fingerprint density at radius 2 is 1.71 bits per heavy atom. The zero-order valence-electron chi connectivity index (χ0n) is 20.3. The fourth-order valence-electron chi connectivity index (χ4n) is 4.77. The Kier molecular flexibility index (Phi) is 7.47. The van der Waals surface area contributed by atoms with E-state index >= 15 is 0 Å². The zero-order chi connectivity index (χ0) is 25.1. The van der Waals surface area contributed by atoms with Gasteiger partial charge in [0.1, 0.15) is 0 Å². The van der Waals surface area contributed by atoms with Crippen molar-refractivity contribution in [3.63, 3.8) is 0 Å². The molecule has 2 fully saturated rings.